The van der Waals surface area contributed by atoms with Crippen molar-refractivity contribution in [2.75, 3.05) is 11.9 Å². The molecule has 1 unspecified atom stereocenters. The van der Waals surface area contributed by atoms with E-state index in [1.165, 1.54) is 0 Å². The lowest BCUT2D eigenvalue weighted by molar-refractivity contribution is -0.127. The molecule has 7 heteroatoms. The molecule has 0 saturated carbocycles. The molecule has 0 bridgehead atoms. The van der Waals surface area contributed by atoms with Crippen molar-refractivity contribution in [1.29, 1.82) is 0 Å². The van der Waals surface area contributed by atoms with Gasteiger partial charge < -0.3 is 16.0 Å². The van der Waals surface area contributed by atoms with Crippen molar-refractivity contribution in [3.63, 3.8) is 0 Å². The van der Waals surface area contributed by atoms with Crippen LogP contribution in [0.4, 0.5) is 10.1 Å². The van der Waals surface area contributed by atoms with Crippen LogP contribution >= 0.6 is 12.4 Å². The lowest BCUT2D eigenvalue weighted by Crippen LogP contribution is -2.37. The van der Waals surface area contributed by atoms with E-state index in [0.29, 0.717) is 37.1 Å². The zero-order chi connectivity index (χ0) is 20.1. The topological polar surface area (TPSA) is 70.2 Å². The summed E-state index contributed by atoms with van der Waals surface area (Å²) in [4.78, 5) is 25.2. The Morgan fingerprint density at radius 3 is 2.55 bits per heavy atom. The standard InChI is InChI=1S/C22H26FN3O2.ClH/c1-14(2)12-19(27)26-21(15-6-4-3-5-7-15)22(28)25-18-9-8-16-13-24-11-10-17(16)20(18)23;/h3-9,14,21,24H,10-13H2,1-2H3,(H,25,28)(H,26,27);1H. The number of nitrogens with one attached hydrogen (secondary N) is 3. The Kier molecular flexibility index (Phi) is 8.17. The molecule has 0 fully saturated rings. The van der Waals surface area contributed by atoms with Crippen LogP contribution in [0.1, 0.15) is 43.0 Å². The maximum atomic E-state index is 14.9. The number of fused-ring (bicyclic) bond motifs is 1. The summed E-state index contributed by atoms with van der Waals surface area (Å²) in [5, 5.41) is 8.66. The molecule has 1 heterocycles. The van der Waals surface area contributed by atoms with Crippen molar-refractivity contribution in [3.8, 4) is 0 Å². The van der Waals surface area contributed by atoms with Crippen LogP contribution in [0.15, 0.2) is 42.5 Å². The summed E-state index contributed by atoms with van der Waals surface area (Å²) < 4.78 is 14.9. The third-order valence-electron chi connectivity index (χ3n) is 4.76. The molecule has 156 valence electrons. The van der Waals surface area contributed by atoms with Gasteiger partial charge in [0.2, 0.25) is 5.91 Å². The van der Waals surface area contributed by atoms with E-state index in [0.717, 1.165) is 5.56 Å². The largest absolute Gasteiger partial charge is 0.341 e. The fourth-order valence-corrected chi connectivity index (χ4v) is 3.37. The van der Waals surface area contributed by atoms with Crippen molar-refractivity contribution in [1.82, 2.24) is 10.6 Å². The molecule has 0 spiro atoms. The number of anilines is 1. The van der Waals surface area contributed by atoms with Gasteiger partial charge in [-0.1, -0.05) is 50.2 Å². The first-order valence-electron chi connectivity index (χ1n) is 9.62. The van der Waals surface area contributed by atoms with E-state index in [1.807, 2.05) is 26.0 Å². The van der Waals surface area contributed by atoms with E-state index in [9.17, 15) is 14.0 Å². The zero-order valence-corrected chi connectivity index (χ0v) is 17.4. The Hall–Kier alpha value is -2.44. The number of benzene rings is 2. The SMILES string of the molecule is CC(C)CC(=O)NC(C(=O)Nc1ccc2c(c1F)CCNC2)c1ccccc1.Cl. The highest BCUT2D eigenvalue weighted by molar-refractivity contribution is 5.98. The zero-order valence-electron chi connectivity index (χ0n) is 16.6. The molecular weight excluding hydrogens is 393 g/mol. The predicted molar refractivity (Wildman–Crippen MR) is 114 cm³/mol. The van der Waals surface area contributed by atoms with Crippen LogP contribution in [-0.4, -0.2) is 18.4 Å². The van der Waals surface area contributed by atoms with Crippen LogP contribution in [0.5, 0.6) is 0 Å². The highest BCUT2D eigenvalue weighted by Crippen LogP contribution is 2.26. The molecule has 3 N–H and O–H groups in total. The van der Waals surface area contributed by atoms with Gasteiger partial charge in [-0.15, -0.1) is 12.4 Å². The molecule has 0 aliphatic carbocycles. The summed E-state index contributed by atoms with van der Waals surface area (Å²) in [7, 11) is 0. The smallest absolute Gasteiger partial charge is 0.251 e. The Labute approximate surface area is 176 Å². The summed E-state index contributed by atoms with van der Waals surface area (Å²) >= 11 is 0. The van der Waals surface area contributed by atoms with Gasteiger partial charge in [0.1, 0.15) is 11.9 Å². The third kappa shape index (κ3) is 5.78. The van der Waals surface area contributed by atoms with Crippen LogP contribution < -0.4 is 16.0 Å². The number of halogens is 2. The van der Waals surface area contributed by atoms with Crippen LogP contribution in [0.3, 0.4) is 0 Å². The van der Waals surface area contributed by atoms with Gasteiger partial charge in [0.05, 0.1) is 5.69 Å². The van der Waals surface area contributed by atoms with Crippen molar-refractivity contribution in [2.45, 2.75) is 39.3 Å². The average molecular weight is 420 g/mol. The van der Waals surface area contributed by atoms with Gasteiger partial charge in [-0.2, -0.15) is 0 Å². The average Bonchev–Trinajstić information content (AvgIpc) is 2.68. The highest BCUT2D eigenvalue weighted by Gasteiger charge is 2.25. The molecule has 1 aliphatic heterocycles. The number of carbonyl (C=O) groups is 2. The normalized spacial score (nSPS) is 13.8. The van der Waals surface area contributed by atoms with Crippen molar-refractivity contribution in [3.05, 3.63) is 65.0 Å². The van der Waals surface area contributed by atoms with E-state index in [2.05, 4.69) is 16.0 Å². The molecule has 2 amide bonds. The third-order valence-corrected chi connectivity index (χ3v) is 4.76. The summed E-state index contributed by atoms with van der Waals surface area (Å²) in [5.41, 5.74) is 2.34. The minimum atomic E-state index is -0.885. The molecule has 3 rings (SSSR count). The van der Waals surface area contributed by atoms with Gasteiger partial charge in [0.25, 0.3) is 5.91 Å². The predicted octanol–water partition coefficient (Wildman–Crippen LogP) is 3.74. The van der Waals surface area contributed by atoms with Gasteiger partial charge in [0.15, 0.2) is 0 Å². The fraction of sp³-hybridized carbons (Fsp3) is 0.364. The number of carbonyl (C=O) groups excluding carboxylic acids is 2. The van der Waals surface area contributed by atoms with E-state index in [-0.39, 0.29) is 29.9 Å². The molecule has 29 heavy (non-hydrogen) atoms. The molecule has 0 saturated heterocycles. The minimum Gasteiger partial charge on any atom is -0.341 e. The highest BCUT2D eigenvalue weighted by atomic mass is 35.5. The Balaban J connectivity index is 0.00000300. The molecule has 0 aromatic heterocycles. The van der Waals surface area contributed by atoms with E-state index in [4.69, 9.17) is 0 Å². The monoisotopic (exact) mass is 419 g/mol. The molecule has 2 aromatic rings. The number of amides is 2. The second kappa shape index (κ2) is 10.4. The Morgan fingerprint density at radius 1 is 1.14 bits per heavy atom. The summed E-state index contributed by atoms with van der Waals surface area (Å²) in [6.45, 7) is 5.21. The lowest BCUT2D eigenvalue weighted by atomic mass is 9.99. The fourth-order valence-electron chi connectivity index (χ4n) is 3.37. The lowest BCUT2D eigenvalue weighted by Gasteiger charge is -2.22. The Morgan fingerprint density at radius 2 is 1.86 bits per heavy atom. The summed E-state index contributed by atoms with van der Waals surface area (Å²) in [5.74, 6) is -0.897. The first-order chi connectivity index (χ1) is 13.5. The van der Waals surface area contributed by atoms with Crippen molar-refractivity contribution in [2.24, 2.45) is 5.92 Å². The van der Waals surface area contributed by atoms with Crippen LogP contribution in [0.2, 0.25) is 0 Å². The number of rotatable bonds is 6. The summed E-state index contributed by atoms with van der Waals surface area (Å²) in [6, 6.07) is 11.5. The maximum Gasteiger partial charge on any atom is 0.251 e. The van der Waals surface area contributed by atoms with E-state index >= 15 is 0 Å². The quantitative estimate of drug-likeness (QED) is 0.668. The molecule has 1 aliphatic rings. The van der Waals surface area contributed by atoms with Gasteiger partial charge >= 0.3 is 0 Å². The summed E-state index contributed by atoms with van der Waals surface area (Å²) in [6.07, 6.45) is 0.898. The molecular formula is C22H27ClFN3O2. The van der Waals surface area contributed by atoms with Crippen LogP contribution in [-0.2, 0) is 22.6 Å². The first-order valence-corrected chi connectivity index (χ1v) is 9.62. The molecule has 1 atom stereocenters. The molecule has 0 radical (unpaired) electrons. The minimum absolute atomic E-state index is 0. The van der Waals surface area contributed by atoms with Gasteiger partial charge in [0, 0.05) is 13.0 Å². The van der Waals surface area contributed by atoms with Crippen molar-refractivity contribution >= 4 is 29.9 Å². The van der Waals surface area contributed by atoms with E-state index < -0.39 is 17.8 Å². The number of hydrogen-bond donors (Lipinski definition) is 3. The first kappa shape index (κ1) is 22.8. The molecule has 2 aromatic carbocycles. The Bertz CT molecular complexity index is 859. The van der Waals surface area contributed by atoms with Gasteiger partial charge in [-0.25, -0.2) is 4.39 Å². The second-order valence-corrected chi connectivity index (χ2v) is 7.49. The van der Waals surface area contributed by atoms with Gasteiger partial charge in [-0.05, 0) is 41.6 Å². The maximum absolute atomic E-state index is 14.9. The van der Waals surface area contributed by atoms with E-state index in [1.54, 1.807) is 30.3 Å². The van der Waals surface area contributed by atoms with Crippen LogP contribution in [0, 0.1) is 11.7 Å². The number of hydrogen-bond acceptors (Lipinski definition) is 3. The van der Waals surface area contributed by atoms with Crippen LogP contribution in [0.25, 0.3) is 0 Å². The molecule has 5 nitrogen and oxygen atoms in total. The second-order valence-electron chi connectivity index (χ2n) is 7.49. The van der Waals surface area contributed by atoms with Crippen molar-refractivity contribution < 1.29 is 14.0 Å². The van der Waals surface area contributed by atoms with Gasteiger partial charge in [-0.3, -0.25) is 9.59 Å².